The van der Waals surface area contributed by atoms with Crippen LogP contribution in [0.5, 0.6) is 0 Å². The predicted octanol–water partition coefficient (Wildman–Crippen LogP) is 2.61. The molecule has 0 saturated carbocycles. The molecule has 22 heavy (non-hydrogen) atoms. The highest BCUT2D eigenvalue weighted by molar-refractivity contribution is 6.30. The van der Waals surface area contributed by atoms with E-state index in [4.69, 9.17) is 11.6 Å². The molecule has 2 rings (SSSR count). The average Bonchev–Trinajstić information content (AvgIpc) is 2.53. The van der Waals surface area contributed by atoms with E-state index in [0.29, 0.717) is 11.6 Å². The van der Waals surface area contributed by atoms with Gasteiger partial charge in [-0.25, -0.2) is 0 Å². The molecule has 5 heteroatoms. The van der Waals surface area contributed by atoms with Gasteiger partial charge in [0.25, 0.3) is 0 Å². The van der Waals surface area contributed by atoms with Gasteiger partial charge in [-0.1, -0.05) is 30.7 Å². The van der Waals surface area contributed by atoms with Crippen LogP contribution in [0.1, 0.15) is 37.9 Å². The second-order valence-corrected chi connectivity index (χ2v) is 6.39. The average molecular weight is 325 g/mol. The lowest BCUT2D eigenvalue weighted by Crippen LogP contribution is -2.44. The van der Waals surface area contributed by atoms with Crippen molar-refractivity contribution < 1.29 is 9.90 Å². The third-order valence-corrected chi connectivity index (χ3v) is 4.36. The van der Waals surface area contributed by atoms with Crippen LogP contribution in [0.3, 0.4) is 0 Å². The Morgan fingerprint density at radius 2 is 2.18 bits per heavy atom. The molecule has 0 unspecified atom stereocenters. The summed E-state index contributed by atoms with van der Waals surface area (Å²) >= 11 is 5.87. The Morgan fingerprint density at radius 3 is 2.86 bits per heavy atom. The number of aliphatic hydroxyl groups excluding tert-OH is 1. The number of piperidine rings is 1. The lowest BCUT2D eigenvalue weighted by molar-refractivity contribution is -0.126. The molecular weight excluding hydrogens is 300 g/mol. The highest BCUT2D eigenvalue weighted by atomic mass is 35.5. The molecule has 0 aromatic heterocycles. The number of hydrogen-bond acceptors (Lipinski definition) is 3. The number of hydrogen-bond donors (Lipinski definition) is 2. The van der Waals surface area contributed by atoms with Gasteiger partial charge in [0.2, 0.25) is 5.91 Å². The Labute approximate surface area is 137 Å². The number of nitrogens with one attached hydrogen (secondary N) is 1. The van der Waals surface area contributed by atoms with E-state index < -0.39 is 6.10 Å². The quantitative estimate of drug-likeness (QED) is 0.845. The summed E-state index contributed by atoms with van der Waals surface area (Å²) < 4.78 is 0. The van der Waals surface area contributed by atoms with E-state index in [1.54, 1.807) is 12.1 Å². The number of halogens is 1. The molecule has 122 valence electrons. The Balaban J connectivity index is 1.86. The van der Waals surface area contributed by atoms with E-state index in [0.717, 1.165) is 44.5 Å². The number of carbonyl (C=O) groups excluding carboxylic acids is 1. The monoisotopic (exact) mass is 324 g/mol. The molecule has 1 aromatic rings. The molecular formula is C17H25ClN2O2. The highest BCUT2D eigenvalue weighted by Crippen LogP contribution is 2.21. The van der Waals surface area contributed by atoms with Crippen molar-refractivity contribution in [2.45, 2.75) is 32.3 Å². The van der Waals surface area contributed by atoms with Gasteiger partial charge in [0, 0.05) is 24.7 Å². The van der Waals surface area contributed by atoms with Crippen molar-refractivity contribution in [1.82, 2.24) is 10.2 Å². The molecule has 4 nitrogen and oxygen atoms in total. The Hall–Kier alpha value is -1.10. The van der Waals surface area contributed by atoms with Gasteiger partial charge in [0.1, 0.15) is 0 Å². The first-order valence-electron chi connectivity index (χ1n) is 8.03. The zero-order valence-electron chi connectivity index (χ0n) is 13.1. The van der Waals surface area contributed by atoms with Crippen molar-refractivity contribution in [3.05, 3.63) is 34.9 Å². The minimum Gasteiger partial charge on any atom is -0.387 e. The first-order chi connectivity index (χ1) is 10.6. The Kier molecular flexibility index (Phi) is 6.68. The Bertz CT molecular complexity index is 478. The summed E-state index contributed by atoms with van der Waals surface area (Å²) in [5.41, 5.74) is 0.863. The van der Waals surface area contributed by atoms with Crippen LogP contribution in [0.25, 0.3) is 0 Å². The smallest absolute Gasteiger partial charge is 0.224 e. The lowest BCUT2D eigenvalue weighted by Gasteiger charge is -2.33. The van der Waals surface area contributed by atoms with Gasteiger partial charge in [-0.2, -0.15) is 0 Å². The van der Waals surface area contributed by atoms with Crippen LogP contribution in [0.2, 0.25) is 5.02 Å². The molecule has 1 aliphatic heterocycles. The van der Waals surface area contributed by atoms with Gasteiger partial charge in [0.15, 0.2) is 0 Å². The van der Waals surface area contributed by atoms with Gasteiger partial charge in [-0.05, 0) is 43.5 Å². The fourth-order valence-corrected chi connectivity index (χ4v) is 2.99. The van der Waals surface area contributed by atoms with Crippen molar-refractivity contribution >= 4 is 17.5 Å². The van der Waals surface area contributed by atoms with E-state index in [9.17, 15) is 9.90 Å². The molecule has 1 fully saturated rings. The second-order valence-electron chi connectivity index (χ2n) is 5.96. The lowest BCUT2D eigenvalue weighted by atomic mass is 9.96. The summed E-state index contributed by atoms with van der Waals surface area (Å²) in [5.74, 6) is 0.185. The van der Waals surface area contributed by atoms with Crippen LogP contribution >= 0.6 is 11.6 Å². The molecule has 0 bridgehead atoms. The van der Waals surface area contributed by atoms with E-state index in [1.807, 2.05) is 12.1 Å². The summed E-state index contributed by atoms with van der Waals surface area (Å²) in [6.07, 6.45) is 2.34. The number of nitrogens with zero attached hydrogens (tertiary/aromatic N) is 1. The van der Waals surface area contributed by atoms with Crippen LogP contribution in [-0.2, 0) is 4.79 Å². The normalized spacial score (nSPS) is 20.6. The van der Waals surface area contributed by atoms with E-state index in [1.165, 1.54) is 0 Å². The van der Waals surface area contributed by atoms with Crippen LogP contribution < -0.4 is 5.32 Å². The predicted molar refractivity (Wildman–Crippen MR) is 88.9 cm³/mol. The summed E-state index contributed by atoms with van der Waals surface area (Å²) in [4.78, 5) is 14.3. The molecule has 0 aliphatic carbocycles. The zero-order chi connectivity index (χ0) is 15.9. The molecule has 2 N–H and O–H groups in total. The number of β-amino-alcohol motifs (C(OH)–C–C–N with tert-alkyl or cyclic N) is 1. The summed E-state index contributed by atoms with van der Waals surface area (Å²) in [6.45, 7) is 5.00. The van der Waals surface area contributed by atoms with Gasteiger partial charge in [-0.15, -0.1) is 0 Å². The molecule has 1 aliphatic rings. The van der Waals surface area contributed by atoms with Gasteiger partial charge in [0.05, 0.1) is 12.0 Å². The molecule has 2 atom stereocenters. The number of rotatable bonds is 6. The molecule has 1 heterocycles. The summed E-state index contributed by atoms with van der Waals surface area (Å²) in [6, 6.07) is 7.28. The number of aliphatic hydroxyl groups is 1. The van der Waals surface area contributed by atoms with Crippen LogP contribution in [-0.4, -0.2) is 42.1 Å². The maximum atomic E-state index is 12.1. The minimum absolute atomic E-state index is 0.0396. The number of amides is 1. The van der Waals surface area contributed by atoms with Crippen molar-refractivity contribution in [1.29, 1.82) is 0 Å². The zero-order valence-corrected chi connectivity index (χ0v) is 13.9. The molecule has 0 radical (unpaired) electrons. The van der Waals surface area contributed by atoms with E-state index in [2.05, 4.69) is 17.1 Å². The van der Waals surface area contributed by atoms with Crippen molar-refractivity contribution in [3.63, 3.8) is 0 Å². The van der Waals surface area contributed by atoms with Crippen LogP contribution in [0.4, 0.5) is 0 Å². The van der Waals surface area contributed by atoms with Gasteiger partial charge < -0.3 is 10.4 Å². The third-order valence-electron chi connectivity index (χ3n) is 4.11. The number of carbonyl (C=O) groups is 1. The number of benzene rings is 1. The van der Waals surface area contributed by atoms with Gasteiger partial charge >= 0.3 is 0 Å². The first kappa shape index (κ1) is 17.3. The minimum atomic E-state index is -0.547. The van der Waals surface area contributed by atoms with E-state index >= 15 is 0 Å². The van der Waals surface area contributed by atoms with Crippen molar-refractivity contribution in [3.8, 4) is 0 Å². The molecule has 1 amide bonds. The molecule has 1 saturated heterocycles. The molecule has 0 spiro atoms. The SMILES string of the molecule is CCCNC(=O)[C@H]1CCCN(C[C@@H](O)c2ccc(Cl)cc2)C1. The maximum absolute atomic E-state index is 12.1. The van der Waals surface area contributed by atoms with E-state index in [-0.39, 0.29) is 11.8 Å². The second kappa shape index (κ2) is 8.51. The fraction of sp³-hybridized carbons (Fsp3) is 0.588. The molecule has 1 aromatic carbocycles. The highest BCUT2D eigenvalue weighted by Gasteiger charge is 2.26. The summed E-state index contributed by atoms with van der Waals surface area (Å²) in [5, 5.41) is 14.0. The third kappa shape index (κ3) is 4.97. The topological polar surface area (TPSA) is 52.6 Å². The maximum Gasteiger partial charge on any atom is 0.224 e. The van der Waals surface area contributed by atoms with Crippen LogP contribution in [0.15, 0.2) is 24.3 Å². The number of likely N-dealkylation sites (tertiary alicyclic amines) is 1. The fourth-order valence-electron chi connectivity index (χ4n) is 2.86. The standard InChI is InChI=1S/C17H25ClN2O2/c1-2-9-19-17(22)14-4-3-10-20(11-14)12-16(21)13-5-7-15(18)8-6-13/h5-8,14,16,21H,2-4,9-12H2,1H3,(H,19,22)/t14-,16+/m0/s1. The van der Waals surface area contributed by atoms with Crippen LogP contribution in [0, 0.1) is 5.92 Å². The first-order valence-corrected chi connectivity index (χ1v) is 8.41. The summed E-state index contributed by atoms with van der Waals surface area (Å²) in [7, 11) is 0. The largest absolute Gasteiger partial charge is 0.387 e. The van der Waals surface area contributed by atoms with Crippen molar-refractivity contribution in [2.75, 3.05) is 26.2 Å². The Morgan fingerprint density at radius 1 is 1.45 bits per heavy atom. The van der Waals surface area contributed by atoms with Gasteiger partial charge in [-0.3, -0.25) is 9.69 Å². The van der Waals surface area contributed by atoms with Crippen molar-refractivity contribution in [2.24, 2.45) is 5.92 Å².